The Bertz CT molecular complexity index is 379. The molecule has 6 N–H and O–H groups in total. The molecule has 1 aromatic rings. The topological polar surface area (TPSA) is 114 Å². The van der Waals surface area contributed by atoms with Crippen molar-refractivity contribution in [2.75, 3.05) is 0 Å². The molecule has 0 saturated carbocycles. The van der Waals surface area contributed by atoms with Crippen LogP contribution in [0.15, 0.2) is 35.1 Å². The van der Waals surface area contributed by atoms with Crippen molar-refractivity contribution in [1.29, 1.82) is 0 Å². The fraction of sp³-hybridized carbons (Fsp3) is 0. The first kappa shape index (κ1) is 10.7. The maximum Gasteiger partial charge on any atom is 0.345 e. The Labute approximate surface area is 81.1 Å². The van der Waals surface area contributed by atoms with Gasteiger partial charge >= 0.3 is 7.52 Å². The van der Waals surface area contributed by atoms with Crippen molar-refractivity contribution in [3.63, 3.8) is 0 Å². The summed E-state index contributed by atoms with van der Waals surface area (Å²) in [6, 6.07) is 8.00. The largest absolute Gasteiger partial charge is 0.369 e. The molecule has 0 aliphatic carbocycles. The van der Waals surface area contributed by atoms with Gasteiger partial charge in [0, 0.05) is 0 Å². The van der Waals surface area contributed by atoms with E-state index in [4.69, 9.17) is 11.6 Å². The number of hydrogen-bond acceptors (Lipinski definition) is 2. The van der Waals surface area contributed by atoms with Crippen LogP contribution in [0.2, 0.25) is 0 Å². The highest BCUT2D eigenvalue weighted by atomic mass is 31.2. The predicted molar refractivity (Wildman–Crippen MR) is 54.8 cm³/mol. The van der Waals surface area contributed by atoms with Gasteiger partial charge in [0.25, 0.3) is 0 Å². The Morgan fingerprint density at radius 2 is 2.00 bits per heavy atom. The smallest absolute Gasteiger partial charge is 0.345 e. The number of guanidine groups is 1. The SMILES string of the molecule is NNC(N)=NP(=O)(O)c1ccccc1. The van der Waals surface area contributed by atoms with Crippen molar-refractivity contribution in [2.45, 2.75) is 0 Å². The second kappa shape index (κ2) is 4.23. The highest BCUT2D eigenvalue weighted by Crippen LogP contribution is 2.40. The van der Waals surface area contributed by atoms with Gasteiger partial charge in [0.1, 0.15) is 0 Å². The number of benzene rings is 1. The third-order valence-electron chi connectivity index (χ3n) is 1.48. The van der Waals surface area contributed by atoms with Gasteiger partial charge in [0.15, 0.2) is 0 Å². The Kier molecular flexibility index (Phi) is 3.24. The lowest BCUT2D eigenvalue weighted by Gasteiger charge is -2.06. The van der Waals surface area contributed by atoms with E-state index in [2.05, 4.69) is 4.76 Å². The van der Waals surface area contributed by atoms with E-state index in [9.17, 15) is 9.46 Å². The maximum absolute atomic E-state index is 11.6. The zero-order valence-electron chi connectivity index (χ0n) is 7.29. The lowest BCUT2D eigenvalue weighted by Crippen LogP contribution is -2.37. The first-order valence-corrected chi connectivity index (χ1v) is 5.38. The van der Waals surface area contributed by atoms with Crippen LogP contribution in [0.25, 0.3) is 0 Å². The highest BCUT2D eigenvalue weighted by molar-refractivity contribution is 7.64. The fourth-order valence-electron chi connectivity index (χ4n) is 0.855. The van der Waals surface area contributed by atoms with E-state index in [1.54, 1.807) is 18.2 Å². The second-order valence-electron chi connectivity index (χ2n) is 2.51. The summed E-state index contributed by atoms with van der Waals surface area (Å²) < 4.78 is 14.9. The molecule has 0 bridgehead atoms. The summed E-state index contributed by atoms with van der Waals surface area (Å²) in [7, 11) is -3.80. The molecule has 0 spiro atoms. The number of rotatable bonds is 2. The summed E-state index contributed by atoms with van der Waals surface area (Å²) in [5.74, 6) is 4.64. The van der Waals surface area contributed by atoms with Crippen LogP contribution in [0.1, 0.15) is 0 Å². The molecule has 7 heteroatoms. The summed E-state index contributed by atoms with van der Waals surface area (Å²) in [6.45, 7) is 0. The molecule has 0 fully saturated rings. The van der Waals surface area contributed by atoms with E-state index in [1.165, 1.54) is 12.1 Å². The van der Waals surface area contributed by atoms with Crippen LogP contribution in [0.3, 0.4) is 0 Å². The Morgan fingerprint density at radius 3 is 2.50 bits per heavy atom. The number of nitrogens with one attached hydrogen (secondary N) is 1. The molecule has 14 heavy (non-hydrogen) atoms. The highest BCUT2D eigenvalue weighted by Gasteiger charge is 2.19. The molecule has 1 rings (SSSR count). The Balaban J connectivity index is 3.04. The van der Waals surface area contributed by atoms with Crippen LogP contribution in [0, 0.1) is 0 Å². The standard InChI is InChI=1S/C7H11N4O2P/c8-7(10-9)11-14(12,13)6-4-2-1-3-5-6/h1-5H,9H2,(H4,8,10,11,12,13). The van der Waals surface area contributed by atoms with Gasteiger partial charge in [-0.1, -0.05) is 18.2 Å². The Hall–Kier alpha value is -1.36. The van der Waals surface area contributed by atoms with E-state index in [1.807, 2.05) is 5.43 Å². The molecule has 0 aromatic heterocycles. The molecule has 1 aromatic carbocycles. The summed E-state index contributed by atoms with van der Waals surface area (Å²) in [5.41, 5.74) is 7.16. The number of nitrogens with zero attached hydrogens (tertiary/aromatic N) is 1. The van der Waals surface area contributed by atoms with E-state index < -0.39 is 7.52 Å². The van der Waals surface area contributed by atoms with E-state index in [-0.39, 0.29) is 11.3 Å². The molecule has 0 radical (unpaired) electrons. The minimum absolute atomic E-state index is 0.207. The van der Waals surface area contributed by atoms with Gasteiger partial charge in [-0.15, -0.1) is 0 Å². The van der Waals surface area contributed by atoms with Crippen LogP contribution in [0.4, 0.5) is 0 Å². The van der Waals surface area contributed by atoms with Gasteiger partial charge in [-0.3, -0.25) is 9.99 Å². The zero-order chi connectivity index (χ0) is 10.6. The van der Waals surface area contributed by atoms with E-state index in [0.717, 1.165) is 0 Å². The van der Waals surface area contributed by atoms with Gasteiger partial charge in [-0.25, -0.2) is 5.84 Å². The molecule has 1 unspecified atom stereocenters. The van der Waals surface area contributed by atoms with Gasteiger partial charge in [-0.2, -0.15) is 4.76 Å². The summed E-state index contributed by atoms with van der Waals surface area (Å²) >= 11 is 0. The quantitative estimate of drug-likeness (QED) is 0.170. The van der Waals surface area contributed by atoms with Crippen molar-refractivity contribution < 1.29 is 9.46 Å². The lowest BCUT2D eigenvalue weighted by molar-refractivity contribution is 0.491. The number of hydrogen-bond donors (Lipinski definition) is 4. The third kappa shape index (κ3) is 2.56. The Morgan fingerprint density at radius 1 is 1.43 bits per heavy atom. The molecule has 6 nitrogen and oxygen atoms in total. The van der Waals surface area contributed by atoms with Gasteiger partial charge < -0.3 is 10.6 Å². The minimum atomic E-state index is -3.80. The first-order chi connectivity index (χ1) is 6.56. The van der Waals surface area contributed by atoms with Crippen LogP contribution in [0.5, 0.6) is 0 Å². The molecule has 0 amide bonds. The normalized spacial score (nSPS) is 16.0. The summed E-state index contributed by atoms with van der Waals surface area (Å²) in [5, 5.41) is 0.207. The third-order valence-corrected chi connectivity index (χ3v) is 2.94. The van der Waals surface area contributed by atoms with Gasteiger partial charge in [-0.05, 0) is 12.1 Å². The average Bonchev–Trinajstić information content (AvgIpc) is 2.18. The predicted octanol–water partition coefficient (Wildman–Crippen LogP) is -0.725. The molecule has 0 aliphatic heterocycles. The van der Waals surface area contributed by atoms with Crippen LogP contribution >= 0.6 is 7.52 Å². The summed E-state index contributed by atoms with van der Waals surface area (Å²) in [6.07, 6.45) is 0. The molecule has 0 saturated heterocycles. The van der Waals surface area contributed by atoms with E-state index in [0.29, 0.717) is 0 Å². The first-order valence-electron chi connectivity index (χ1n) is 3.77. The van der Waals surface area contributed by atoms with Gasteiger partial charge in [0.2, 0.25) is 5.96 Å². The molecule has 76 valence electrons. The molecule has 0 heterocycles. The monoisotopic (exact) mass is 214 g/mol. The lowest BCUT2D eigenvalue weighted by atomic mass is 10.4. The maximum atomic E-state index is 11.6. The molecular weight excluding hydrogens is 203 g/mol. The van der Waals surface area contributed by atoms with Crippen LogP contribution in [-0.2, 0) is 4.57 Å². The van der Waals surface area contributed by atoms with Crippen LogP contribution < -0.4 is 22.3 Å². The van der Waals surface area contributed by atoms with Crippen molar-refractivity contribution in [1.82, 2.24) is 5.43 Å². The van der Waals surface area contributed by atoms with E-state index >= 15 is 0 Å². The van der Waals surface area contributed by atoms with Crippen molar-refractivity contribution >= 4 is 18.8 Å². The van der Waals surface area contributed by atoms with Crippen molar-refractivity contribution in [2.24, 2.45) is 16.3 Å². The zero-order valence-corrected chi connectivity index (χ0v) is 8.19. The minimum Gasteiger partial charge on any atom is -0.369 e. The van der Waals surface area contributed by atoms with Crippen molar-refractivity contribution in [3.05, 3.63) is 30.3 Å². The molecule has 0 aliphatic rings. The summed E-state index contributed by atoms with van der Waals surface area (Å²) in [4.78, 5) is 9.48. The number of nitrogens with two attached hydrogens (primary N) is 2. The number of hydrazine groups is 1. The molecular formula is C7H11N4O2P. The van der Waals surface area contributed by atoms with Gasteiger partial charge in [0.05, 0.1) is 5.30 Å². The molecule has 1 atom stereocenters. The average molecular weight is 214 g/mol. The fourth-order valence-corrected chi connectivity index (χ4v) is 1.88. The second-order valence-corrected chi connectivity index (χ2v) is 4.31. The van der Waals surface area contributed by atoms with Crippen LogP contribution in [-0.4, -0.2) is 10.9 Å². The van der Waals surface area contributed by atoms with Crippen molar-refractivity contribution in [3.8, 4) is 0 Å².